The maximum absolute atomic E-state index is 5.42. The first-order chi connectivity index (χ1) is 6.68. The summed E-state index contributed by atoms with van der Waals surface area (Å²) < 4.78 is 16.3. The lowest BCUT2D eigenvalue weighted by Gasteiger charge is -2.31. The van der Waals surface area contributed by atoms with Crippen LogP contribution in [0, 0.1) is 0 Å². The molecule has 0 atom stereocenters. The summed E-state index contributed by atoms with van der Waals surface area (Å²) >= 11 is 0. The minimum Gasteiger partial charge on any atom is -0.381 e. The molecule has 1 aliphatic rings. The summed E-state index contributed by atoms with van der Waals surface area (Å²) in [6.07, 6.45) is 4.23. The van der Waals surface area contributed by atoms with Gasteiger partial charge in [0.2, 0.25) is 0 Å². The average molecular weight is 217 g/mol. The Morgan fingerprint density at radius 2 is 1.79 bits per heavy atom. The second kappa shape index (κ2) is 4.93. The van der Waals surface area contributed by atoms with E-state index in [2.05, 4.69) is 18.1 Å². The highest BCUT2D eigenvalue weighted by Crippen LogP contribution is 2.25. The Labute approximate surface area is 86.8 Å². The van der Waals surface area contributed by atoms with Gasteiger partial charge in [0.15, 0.2) is 0 Å². The lowest BCUT2D eigenvalue weighted by atomic mass is 10.2. The quantitative estimate of drug-likeness (QED) is 0.658. The summed E-state index contributed by atoms with van der Waals surface area (Å²) in [5.74, 6) is 0. The van der Waals surface area contributed by atoms with Gasteiger partial charge in [-0.3, -0.25) is 0 Å². The van der Waals surface area contributed by atoms with Crippen molar-refractivity contribution in [2.75, 3.05) is 34.9 Å². The molecule has 0 aromatic heterocycles. The van der Waals surface area contributed by atoms with Crippen LogP contribution in [0.3, 0.4) is 0 Å². The standard InChI is InChI=1S/C9H19NO3Si/c1-10-7-5-6-9(8-10)14(11-2,12-3)13-4/h8H,5-7H2,1-4H3. The molecule has 0 bridgehead atoms. The third-order valence-corrected chi connectivity index (χ3v) is 5.31. The predicted molar refractivity (Wildman–Crippen MR) is 56.7 cm³/mol. The van der Waals surface area contributed by atoms with Gasteiger partial charge in [-0.15, -0.1) is 0 Å². The first-order valence-electron chi connectivity index (χ1n) is 4.75. The Kier molecular flexibility index (Phi) is 4.12. The van der Waals surface area contributed by atoms with Crippen LogP contribution < -0.4 is 0 Å². The topological polar surface area (TPSA) is 30.9 Å². The summed E-state index contributed by atoms with van der Waals surface area (Å²) in [6, 6.07) is 0. The Hall–Kier alpha value is -0.363. The Morgan fingerprint density at radius 1 is 1.21 bits per heavy atom. The molecule has 0 fully saturated rings. The van der Waals surface area contributed by atoms with Crippen molar-refractivity contribution < 1.29 is 13.3 Å². The van der Waals surface area contributed by atoms with Gasteiger partial charge in [-0.05, 0) is 12.8 Å². The molecule has 1 aliphatic heterocycles. The molecule has 14 heavy (non-hydrogen) atoms. The van der Waals surface area contributed by atoms with E-state index in [4.69, 9.17) is 13.3 Å². The van der Waals surface area contributed by atoms with Crippen molar-refractivity contribution in [3.05, 3.63) is 11.4 Å². The summed E-state index contributed by atoms with van der Waals surface area (Å²) in [7, 11) is 4.46. The van der Waals surface area contributed by atoms with E-state index in [1.165, 1.54) is 5.20 Å². The summed E-state index contributed by atoms with van der Waals surface area (Å²) in [4.78, 5) is 2.15. The van der Waals surface area contributed by atoms with E-state index in [9.17, 15) is 0 Å². The molecule has 0 amide bonds. The highest BCUT2D eigenvalue weighted by Gasteiger charge is 2.43. The SMILES string of the molecule is CO[Si](OC)(OC)C1=CN(C)CCC1. The van der Waals surface area contributed by atoms with Crippen LogP contribution in [-0.4, -0.2) is 48.6 Å². The van der Waals surface area contributed by atoms with E-state index in [0.717, 1.165) is 19.4 Å². The van der Waals surface area contributed by atoms with Crippen LogP contribution in [0.2, 0.25) is 0 Å². The third kappa shape index (κ3) is 2.17. The average Bonchev–Trinajstić information content (AvgIpc) is 2.22. The van der Waals surface area contributed by atoms with E-state index < -0.39 is 8.80 Å². The van der Waals surface area contributed by atoms with E-state index >= 15 is 0 Å². The van der Waals surface area contributed by atoms with Crippen LogP contribution in [0.5, 0.6) is 0 Å². The van der Waals surface area contributed by atoms with Crippen molar-refractivity contribution in [1.82, 2.24) is 4.90 Å². The Morgan fingerprint density at radius 3 is 2.21 bits per heavy atom. The molecule has 0 aromatic carbocycles. The van der Waals surface area contributed by atoms with E-state index in [1.54, 1.807) is 21.3 Å². The molecule has 82 valence electrons. The minimum absolute atomic E-state index is 1.01. The molecule has 0 unspecified atom stereocenters. The largest absolute Gasteiger partial charge is 0.533 e. The smallest absolute Gasteiger partial charge is 0.381 e. The van der Waals surface area contributed by atoms with Gasteiger partial charge in [-0.25, -0.2) is 0 Å². The third-order valence-electron chi connectivity index (χ3n) is 2.53. The molecule has 0 saturated heterocycles. The van der Waals surface area contributed by atoms with Gasteiger partial charge < -0.3 is 18.2 Å². The molecule has 1 rings (SSSR count). The van der Waals surface area contributed by atoms with Gasteiger partial charge in [0, 0.05) is 46.3 Å². The molecule has 0 aromatic rings. The lowest BCUT2D eigenvalue weighted by Crippen LogP contribution is -2.47. The first-order valence-corrected chi connectivity index (χ1v) is 6.48. The zero-order valence-electron chi connectivity index (χ0n) is 9.37. The fourth-order valence-electron chi connectivity index (χ4n) is 1.79. The zero-order chi connectivity index (χ0) is 10.6. The minimum atomic E-state index is -2.54. The summed E-state index contributed by atoms with van der Waals surface area (Å²) in [6.45, 7) is 1.09. The molecule has 0 aliphatic carbocycles. The van der Waals surface area contributed by atoms with Crippen molar-refractivity contribution in [3.63, 3.8) is 0 Å². The molecule has 4 nitrogen and oxygen atoms in total. The molecule has 0 radical (unpaired) electrons. The monoisotopic (exact) mass is 217 g/mol. The van der Waals surface area contributed by atoms with Gasteiger partial charge in [0.25, 0.3) is 0 Å². The first kappa shape index (κ1) is 11.7. The Balaban J connectivity index is 2.86. The number of rotatable bonds is 4. The molecular weight excluding hydrogens is 198 g/mol. The van der Waals surface area contributed by atoms with Crippen molar-refractivity contribution in [3.8, 4) is 0 Å². The Bertz CT molecular complexity index is 208. The van der Waals surface area contributed by atoms with Gasteiger partial charge in [-0.1, -0.05) is 0 Å². The number of allylic oxidation sites excluding steroid dienone is 1. The molecule has 0 N–H and O–H groups in total. The van der Waals surface area contributed by atoms with Crippen molar-refractivity contribution in [2.24, 2.45) is 0 Å². The molecule has 0 spiro atoms. The van der Waals surface area contributed by atoms with Crippen LogP contribution in [0.4, 0.5) is 0 Å². The van der Waals surface area contributed by atoms with Gasteiger partial charge in [0.1, 0.15) is 0 Å². The second-order valence-electron chi connectivity index (χ2n) is 3.41. The maximum atomic E-state index is 5.42. The van der Waals surface area contributed by atoms with Gasteiger partial charge in [0.05, 0.1) is 0 Å². The summed E-state index contributed by atoms with van der Waals surface area (Å²) in [5, 5.41) is 1.17. The molecule has 0 saturated carbocycles. The zero-order valence-corrected chi connectivity index (χ0v) is 10.4. The lowest BCUT2D eigenvalue weighted by molar-refractivity contribution is 0.131. The van der Waals surface area contributed by atoms with E-state index in [-0.39, 0.29) is 0 Å². The predicted octanol–water partition coefficient (Wildman–Crippen LogP) is 1.01. The van der Waals surface area contributed by atoms with Gasteiger partial charge in [-0.2, -0.15) is 0 Å². The second-order valence-corrected chi connectivity index (χ2v) is 6.39. The molecule has 5 heteroatoms. The van der Waals surface area contributed by atoms with Crippen molar-refractivity contribution >= 4 is 8.80 Å². The van der Waals surface area contributed by atoms with E-state index in [0.29, 0.717) is 0 Å². The van der Waals surface area contributed by atoms with Gasteiger partial charge >= 0.3 is 8.80 Å². The number of nitrogens with zero attached hydrogens (tertiary/aromatic N) is 1. The van der Waals surface area contributed by atoms with Crippen LogP contribution in [0.15, 0.2) is 11.4 Å². The van der Waals surface area contributed by atoms with Crippen molar-refractivity contribution in [2.45, 2.75) is 12.8 Å². The normalized spacial score (nSPS) is 18.3. The maximum Gasteiger partial charge on any atom is 0.533 e. The van der Waals surface area contributed by atoms with Crippen LogP contribution in [0.1, 0.15) is 12.8 Å². The highest BCUT2D eigenvalue weighted by atomic mass is 28.4. The van der Waals surface area contributed by atoms with Crippen LogP contribution >= 0.6 is 0 Å². The summed E-state index contributed by atoms with van der Waals surface area (Å²) in [5.41, 5.74) is 0. The fourth-order valence-corrected chi connectivity index (χ4v) is 3.94. The fraction of sp³-hybridized carbons (Fsp3) is 0.778. The van der Waals surface area contributed by atoms with Crippen molar-refractivity contribution in [1.29, 1.82) is 0 Å². The number of hydrogen-bond acceptors (Lipinski definition) is 4. The highest BCUT2D eigenvalue weighted by molar-refractivity contribution is 6.68. The van der Waals surface area contributed by atoms with Crippen LogP contribution in [0.25, 0.3) is 0 Å². The number of hydrogen-bond donors (Lipinski definition) is 0. The molecular formula is C9H19NO3Si. The van der Waals surface area contributed by atoms with E-state index in [1.807, 2.05) is 0 Å². The van der Waals surface area contributed by atoms with Crippen LogP contribution in [-0.2, 0) is 13.3 Å². The molecule has 1 heterocycles.